The molecule has 0 saturated heterocycles. The van der Waals surface area contributed by atoms with E-state index >= 15 is 0 Å². The van der Waals surface area contributed by atoms with Gasteiger partial charge in [0.25, 0.3) is 0 Å². The van der Waals surface area contributed by atoms with Crippen molar-refractivity contribution >= 4 is 21.4 Å². The fourth-order valence-electron chi connectivity index (χ4n) is 1.95. The van der Waals surface area contributed by atoms with E-state index in [1.54, 1.807) is 12.1 Å². The summed E-state index contributed by atoms with van der Waals surface area (Å²) in [4.78, 5) is 0.000260. The first-order valence-electron chi connectivity index (χ1n) is 6.12. The average molecular weight is 291 g/mol. The van der Waals surface area contributed by atoms with Crippen LogP contribution in [0.15, 0.2) is 53.4 Å². The van der Waals surface area contributed by atoms with Gasteiger partial charge in [-0.2, -0.15) is 0 Å². The van der Waals surface area contributed by atoms with E-state index in [4.69, 9.17) is 10.9 Å². The Balaban J connectivity index is 2.35. The van der Waals surface area contributed by atoms with Crippen molar-refractivity contribution in [3.63, 3.8) is 0 Å². The van der Waals surface area contributed by atoms with Gasteiger partial charge >= 0.3 is 0 Å². The van der Waals surface area contributed by atoms with Gasteiger partial charge in [0.05, 0.1) is 5.69 Å². The van der Waals surface area contributed by atoms with Crippen LogP contribution in [0.5, 0.6) is 0 Å². The number of anilines is 2. The molecule has 1 unspecified atom stereocenters. The molecule has 0 spiro atoms. The van der Waals surface area contributed by atoms with Crippen LogP contribution in [0.1, 0.15) is 18.5 Å². The summed E-state index contributed by atoms with van der Waals surface area (Å²) in [5.74, 6) is 0. The molecule has 0 amide bonds. The number of benzene rings is 2. The molecule has 2 aromatic carbocycles. The Bertz CT molecular complexity index is 700. The van der Waals surface area contributed by atoms with E-state index in [1.807, 2.05) is 37.3 Å². The normalized spacial score (nSPS) is 12.9. The predicted octanol–water partition coefficient (Wildman–Crippen LogP) is 2.09. The molecule has 0 bridgehead atoms. The molecular formula is C14H17N3O2S. The zero-order valence-corrected chi connectivity index (χ0v) is 11.9. The maximum Gasteiger partial charge on any atom is 0.240 e. The van der Waals surface area contributed by atoms with Gasteiger partial charge in [-0.3, -0.25) is 0 Å². The number of sulfonamides is 1. The van der Waals surface area contributed by atoms with Crippen LogP contribution in [0.2, 0.25) is 0 Å². The minimum absolute atomic E-state index is 0.000260. The summed E-state index contributed by atoms with van der Waals surface area (Å²) in [6.07, 6.45) is 0. The van der Waals surface area contributed by atoms with Gasteiger partial charge in [0.15, 0.2) is 0 Å². The van der Waals surface area contributed by atoms with Gasteiger partial charge < -0.3 is 11.1 Å². The lowest BCUT2D eigenvalue weighted by atomic mass is 10.1. The van der Waals surface area contributed by atoms with Crippen LogP contribution in [0.25, 0.3) is 0 Å². The highest BCUT2D eigenvalue weighted by atomic mass is 32.2. The van der Waals surface area contributed by atoms with Crippen LogP contribution < -0.4 is 16.2 Å². The smallest absolute Gasteiger partial charge is 0.240 e. The summed E-state index contributed by atoms with van der Waals surface area (Å²) < 4.78 is 23.2. The highest BCUT2D eigenvalue weighted by molar-refractivity contribution is 7.89. The Hall–Kier alpha value is -2.05. The standard InChI is InChI=1S/C14H17N3O2S/c1-10(11-5-3-2-4-6-11)17-13-8-7-12(15)9-14(13)20(16,18)19/h2-10,17H,15H2,1H3,(H2,16,18,19). The van der Waals surface area contributed by atoms with Crippen molar-refractivity contribution in [3.05, 3.63) is 54.1 Å². The van der Waals surface area contributed by atoms with Gasteiger partial charge in [-0.25, -0.2) is 13.6 Å². The molecule has 0 aliphatic carbocycles. The number of hydrogen-bond acceptors (Lipinski definition) is 4. The minimum atomic E-state index is -3.83. The molecule has 0 saturated carbocycles. The predicted molar refractivity (Wildman–Crippen MR) is 80.7 cm³/mol. The van der Waals surface area contributed by atoms with E-state index < -0.39 is 10.0 Å². The summed E-state index contributed by atoms with van der Waals surface area (Å²) in [5.41, 5.74) is 7.46. The second kappa shape index (κ2) is 5.52. The molecule has 0 radical (unpaired) electrons. The third-order valence-corrected chi connectivity index (χ3v) is 3.93. The van der Waals surface area contributed by atoms with Crippen molar-refractivity contribution in [2.24, 2.45) is 5.14 Å². The number of nitrogen functional groups attached to an aromatic ring is 1. The fraction of sp³-hybridized carbons (Fsp3) is 0.143. The lowest BCUT2D eigenvalue weighted by Gasteiger charge is -2.18. The number of nitrogens with two attached hydrogens (primary N) is 2. The Morgan fingerprint density at radius 3 is 2.35 bits per heavy atom. The molecule has 0 fully saturated rings. The highest BCUT2D eigenvalue weighted by Crippen LogP contribution is 2.26. The lowest BCUT2D eigenvalue weighted by molar-refractivity contribution is 0.598. The van der Waals surface area contributed by atoms with E-state index in [-0.39, 0.29) is 10.9 Å². The molecule has 0 heterocycles. The third-order valence-electron chi connectivity index (χ3n) is 2.98. The summed E-state index contributed by atoms with van der Waals surface area (Å²) in [6.45, 7) is 1.94. The molecule has 5 N–H and O–H groups in total. The molecule has 2 aromatic rings. The molecule has 0 aromatic heterocycles. The third kappa shape index (κ3) is 3.28. The van der Waals surface area contributed by atoms with Crippen molar-refractivity contribution in [1.82, 2.24) is 0 Å². The van der Waals surface area contributed by atoms with Crippen LogP contribution in [0.4, 0.5) is 11.4 Å². The molecule has 1 atom stereocenters. The van der Waals surface area contributed by atoms with E-state index in [0.29, 0.717) is 11.4 Å². The van der Waals surface area contributed by atoms with E-state index in [1.165, 1.54) is 6.07 Å². The van der Waals surface area contributed by atoms with Gasteiger partial charge in [-0.15, -0.1) is 0 Å². The zero-order chi connectivity index (χ0) is 14.8. The van der Waals surface area contributed by atoms with Crippen molar-refractivity contribution in [1.29, 1.82) is 0 Å². The van der Waals surface area contributed by atoms with Gasteiger partial charge in [-0.05, 0) is 30.7 Å². The van der Waals surface area contributed by atoms with Crippen LogP contribution >= 0.6 is 0 Å². The summed E-state index contributed by atoms with van der Waals surface area (Å²) >= 11 is 0. The molecule has 0 aliphatic rings. The van der Waals surface area contributed by atoms with Crippen molar-refractivity contribution in [2.45, 2.75) is 17.9 Å². The quantitative estimate of drug-likeness (QED) is 0.751. The number of primary sulfonamides is 1. The number of nitrogens with one attached hydrogen (secondary N) is 1. The number of rotatable bonds is 4. The second-order valence-corrected chi connectivity index (χ2v) is 6.11. The Labute approximate surface area is 118 Å². The van der Waals surface area contributed by atoms with Crippen molar-refractivity contribution < 1.29 is 8.42 Å². The lowest BCUT2D eigenvalue weighted by Crippen LogP contribution is -2.16. The van der Waals surface area contributed by atoms with Crippen molar-refractivity contribution in [3.8, 4) is 0 Å². The summed E-state index contributed by atoms with van der Waals surface area (Å²) in [7, 11) is -3.83. The Morgan fingerprint density at radius 1 is 1.10 bits per heavy atom. The second-order valence-electron chi connectivity index (χ2n) is 4.58. The summed E-state index contributed by atoms with van der Waals surface area (Å²) in [6, 6.07) is 14.3. The fourth-order valence-corrected chi connectivity index (χ4v) is 2.69. The van der Waals surface area contributed by atoms with Gasteiger partial charge in [0, 0.05) is 11.7 Å². The maximum absolute atomic E-state index is 11.6. The molecule has 106 valence electrons. The summed E-state index contributed by atoms with van der Waals surface area (Å²) in [5, 5.41) is 8.36. The molecular weight excluding hydrogens is 274 g/mol. The largest absolute Gasteiger partial charge is 0.399 e. The average Bonchev–Trinajstić information content (AvgIpc) is 2.40. The monoisotopic (exact) mass is 291 g/mol. The topological polar surface area (TPSA) is 98.2 Å². The first-order valence-corrected chi connectivity index (χ1v) is 7.66. The SMILES string of the molecule is CC(Nc1ccc(N)cc1S(N)(=O)=O)c1ccccc1. The molecule has 5 nitrogen and oxygen atoms in total. The number of hydrogen-bond donors (Lipinski definition) is 3. The van der Waals surface area contributed by atoms with E-state index in [0.717, 1.165) is 5.56 Å². The first kappa shape index (κ1) is 14.4. The Kier molecular flexibility index (Phi) is 3.96. The van der Waals surface area contributed by atoms with Gasteiger partial charge in [-0.1, -0.05) is 30.3 Å². The first-order chi connectivity index (χ1) is 9.38. The van der Waals surface area contributed by atoms with Crippen LogP contribution in [-0.4, -0.2) is 8.42 Å². The van der Waals surface area contributed by atoms with Crippen LogP contribution in [0.3, 0.4) is 0 Å². The molecule has 6 heteroatoms. The van der Waals surface area contributed by atoms with E-state index in [2.05, 4.69) is 5.32 Å². The maximum atomic E-state index is 11.6. The van der Waals surface area contributed by atoms with Crippen molar-refractivity contribution in [2.75, 3.05) is 11.1 Å². The van der Waals surface area contributed by atoms with Crippen LogP contribution in [0, 0.1) is 0 Å². The van der Waals surface area contributed by atoms with Crippen LogP contribution in [-0.2, 0) is 10.0 Å². The van der Waals surface area contributed by atoms with E-state index in [9.17, 15) is 8.42 Å². The highest BCUT2D eigenvalue weighted by Gasteiger charge is 2.16. The molecule has 0 aliphatic heterocycles. The molecule has 2 rings (SSSR count). The minimum Gasteiger partial charge on any atom is -0.399 e. The zero-order valence-electron chi connectivity index (χ0n) is 11.1. The molecule has 20 heavy (non-hydrogen) atoms. The van der Waals surface area contributed by atoms with Gasteiger partial charge in [0.1, 0.15) is 4.90 Å². The van der Waals surface area contributed by atoms with Gasteiger partial charge in [0.2, 0.25) is 10.0 Å². The Morgan fingerprint density at radius 2 is 1.75 bits per heavy atom.